The molecule has 0 aromatic heterocycles. The van der Waals surface area contributed by atoms with E-state index in [-0.39, 0.29) is 24.6 Å². The van der Waals surface area contributed by atoms with Gasteiger partial charge in [-0.2, -0.15) is 0 Å². The van der Waals surface area contributed by atoms with Gasteiger partial charge in [-0.3, -0.25) is 14.9 Å². The fourth-order valence-electron chi connectivity index (χ4n) is 2.08. The zero-order valence-corrected chi connectivity index (χ0v) is 13.8. The summed E-state index contributed by atoms with van der Waals surface area (Å²) < 4.78 is 0. The molecule has 2 aromatic carbocycles. The summed E-state index contributed by atoms with van der Waals surface area (Å²) in [5, 5.41) is 11.7. The van der Waals surface area contributed by atoms with Crippen LogP contribution in [0.2, 0.25) is 10.0 Å². The molecule has 23 heavy (non-hydrogen) atoms. The van der Waals surface area contributed by atoms with Gasteiger partial charge in [0.15, 0.2) is 0 Å². The maximum Gasteiger partial charge on any atom is 0.269 e. The lowest BCUT2D eigenvalue weighted by Crippen LogP contribution is -2.28. The van der Waals surface area contributed by atoms with Crippen LogP contribution < -0.4 is 0 Å². The monoisotopic (exact) mass is 352 g/mol. The van der Waals surface area contributed by atoms with E-state index in [1.54, 1.807) is 25.2 Å². The van der Waals surface area contributed by atoms with E-state index in [1.807, 2.05) is 6.07 Å². The number of nitro groups is 1. The minimum Gasteiger partial charge on any atom is -0.341 e. The Labute approximate surface area is 143 Å². The molecule has 7 heteroatoms. The Kier molecular flexibility index (Phi) is 5.58. The molecule has 0 unspecified atom stereocenters. The van der Waals surface area contributed by atoms with Crippen LogP contribution in [-0.2, 0) is 17.8 Å². The molecule has 0 aliphatic heterocycles. The van der Waals surface area contributed by atoms with Gasteiger partial charge >= 0.3 is 0 Å². The van der Waals surface area contributed by atoms with Crippen LogP contribution >= 0.6 is 23.2 Å². The predicted molar refractivity (Wildman–Crippen MR) is 89.7 cm³/mol. The fraction of sp³-hybridized carbons (Fsp3) is 0.188. The molecule has 5 nitrogen and oxygen atoms in total. The van der Waals surface area contributed by atoms with Crippen LogP contribution in [0.1, 0.15) is 11.1 Å². The molecule has 0 N–H and O–H groups in total. The van der Waals surface area contributed by atoms with E-state index in [4.69, 9.17) is 23.2 Å². The highest BCUT2D eigenvalue weighted by Gasteiger charge is 2.15. The third-order valence-electron chi connectivity index (χ3n) is 3.37. The van der Waals surface area contributed by atoms with Crippen LogP contribution in [0.5, 0.6) is 0 Å². The van der Waals surface area contributed by atoms with Crippen molar-refractivity contribution in [2.24, 2.45) is 0 Å². The van der Waals surface area contributed by atoms with Crippen molar-refractivity contribution in [1.82, 2.24) is 4.90 Å². The van der Waals surface area contributed by atoms with Crippen molar-refractivity contribution >= 4 is 34.8 Å². The summed E-state index contributed by atoms with van der Waals surface area (Å²) in [5.74, 6) is -0.152. The van der Waals surface area contributed by atoms with Gasteiger partial charge in [-0.15, -0.1) is 0 Å². The summed E-state index contributed by atoms with van der Waals surface area (Å²) >= 11 is 12.1. The van der Waals surface area contributed by atoms with E-state index in [2.05, 4.69) is 0 Å². The van der Waals surface area contributed by atoms with Crippen molar-refractivity contribution in [1.29, 1.82) is 0 Å². The van der Waals surface area contributed by atoms with Crippen LogP contribution in [0.4, 0.5) is 5.69 Å². The second kappa shape index (κ2) is 7.44. The van der Waals surface area contributed by atoms with Gasteiger partial charge in [0.1, 0.15) is 0 Å². The molecule has 0 saturated heterocycles. The van der Waals surface area contributed by atoms with E-state index < -0.39 is 4.92 Å². The highest BCUT2D eigenvalue weighted by molar-refractivity contribution is 6.31. The lowest BCUT2D eigenvalue weighted by atomic mass is 10.1. The zero-order valence-electron chi connectivity index (χ0n) is 12.3. The molecule has 0 spiro atoms. The summed E-state index contributed by atoms with van der Waals surface area (Å²) in [6.07, 6.45) is 0.155. The highest BCUT2D eigenvalue weighted by Crippen LogP contribution is 2.23. The van der Waals surface area contributed by atoms with Crippen molar-refractivity contribution in [3.63, 3.8) is 0 Å². The zero-order chi connectivity index (χ0) is 17.0. The molecule has 0 aliphatic carbocycles. The van der Waals surface area contributed by atoms with E-state index >= 15 is 0 Å². The normalized spacial score (nSPS) is 10.4. The molecular formula is C16H14Cl2N2O3. The molecule has 120 valence electrons. The molecule has 0 atom stereocenters. The summed E-state index contributed by atoms with van der Waals surface area (Å²) in [5.41, 5.74) is 1.20. The van der Waals surface area contributed by atoms with Gasteiger partial charge in [0.2, 0.25) is 5.91 Å². The lowest BCUT2D eigenvalue weighted by Gasteiger charge is -2.18. The molecular weight excluding hydrogens is 339 g/mol. The van der Waals surface area contributed by atoms with Crippen LogP contribution in [0, 0.1) is 10.1 Å². The summed E-state index contributed by atoms with van der Waals surface area (Å²) in [4.78, 5) is 24.1. The Balaban J connectivity index is 2.11. The first-order valence-electron chi connectivity index (χ1n) is 6.78. The quantitative estimate of drug-likeness (QED) is 0.600. The Morgan fingerprint density at radius 2 is 1.78 bits per heavy atom. The largest absolute Gasteiger partial charge is 0.341 e. The molecule has 0 bridgehead atoms. The molecule has 1 amide bonds. The topological polar surface area (TPSA) is 63.4 Å². The highest BCUT2D eigenvalue weighted by atomic mass is 35.5. The number of non-ortho nitro benzene ring substituents is 1. The van der Waals surface area contributed by atoms with Crippen molar-refractivity contribution in [3.8, 4) is 0 Å². The number of rotatable bonds is 5. The molecule has 0 fully saturated rings. The van der Waals surface area contributed by atoms with Crippen LogP contribution in [0.15, 0.2) is 42.5 Å². The summed E-state index contributed by atoms with van der Waals surface area (Å²) in [6, 6.07) is 11.3. The van der Waals surface area contributed by atoms with Gasteiger partial charge in [-0.05, 0) is 23.3 Å². The van der Waals surface area contributed by atoms with Gasteiger partial charge in [-0.1, -0.05) is 41.4 Å². The SMILES string of the molecule is CN(Cc1cc([N+](=O)[O-])ccc1Cl)C(=O)Cc1ccccc1Cl. The lowest BCUT2D eigenvalue weighted by molar-refractivity contribution is -0.384. The van der Waals surface area contributed by atoms with E-state index in [9.17, 15) is 14.9 Å². The van der Waals surface area contributed by atoms with E-state index in [0.29, 0.717) is 15.6 Å². The summed E-state index contributed by atoms with van der Waals surface area (Å²) in [7, 11) is 1.62. The van der Waals surface area contributed by atoms with Crippen molar-refractivity contribution in [2.45, 2.75) is 13.0 Å². The van der Waals surface area contributed by atoms with Crippen molar-refractivity contribution in [3.05, 3.63) is 73.8 Å². The van der Waals surface area contributed by atoms with Crippen molar-refractivity contribution < 1.29 is 9.72 Å². The van der Waals surface area contributed by atoms with Gasteiger partial charge in [0.05, 0.1) is 11.3 Å². The van der Waals surface area contributed by atoms with Gasteiger partial charge in [0, 0.05) is 35.8 Å². The number of nitro benzene ring substituents is 1. The molecule has 0 radical (unpaired) electrons. The molecule has 2 rings (SSSR count). The predicted octanol–water partition coefficient (Wildman–Crippen LogP) is 4.10. The number of hydrogen-bond acceptors (Lipinski definition) is 3. The first kappa shape index (κ1) is 17.2. The van der Waals surface area contributed by atoms with E-state index in [1.165, 1.54) is 23.1 Å². The maximum atomic E-state index is 12.3. The molecule has 0 heterocycles. The first-order chi connectivity index (χ1) is 10.9. The molecule has 2 aromatic rings. The average Bonchev–Trinajstić information content (AvgIpc) is 2.51. The Hall–Kier alpha value is -2.11. The van der Waals surface area contributed by atoms with Gasteiger partial charge < -0.3 is 4.90 Å². The number of benzene rings is 2. The minimum atomic E-state index is -0.495. The second-order valence-electron chi connectivity index (χ2n) is 5.05. The summed E-state index contributed by atoms with van der Waals surface area (Å²) in [6.45, 7) is 0.184. The maximum absolute atomic E-state index is 12.3. The Morgan fingerprint density at radius 3 is 2.43 bits per heavy atom. The Bertz CT molecular complexity index is 750. The molecule has 0 aliphatic rings. The second-order valence-corrected chi connectivity index (χ2v) is 5.87. The van der Waals surface area contributed by atoms with E-state index in [0.717, 1.165) is 5.56 Å². The Morgan fingerprint density at radius 1 is 1.13 bits per heavy atom. The number of likely N-dealkylation sites (N-methyl/N-ethyl adjacent to an activating group) is 1. The average molecular weight is 353 g/mol. The minimum absolute atomic E-state index is 0.0589. The molecule has 0 saturated carbocycles. The van der Waals surface area contributed by atoms with Gasteiger partial charge in [-0.25, -0.2) is 0 Å². The number of carbonyl (C=O) groups excluding carboxylic acids is 1. The number of nitrogens with zero attached hydrogens (tertiary/aromatic N) is 2. The van der Waals surface area contributed by atoms with Crippen molar-refractivity contribution in [2.75, 3.05) is 7.05 Å². The third kappa shape index (κ3) is 4.43. The number of hydrogen-bond donors (Lipinski definition) is 0. The fourth-order valence-corrected chi connectivity index (χ4v) is 2.46. The van der Waals surface area contributed by atoms with Gasteiger partial charge in [0.25, 0.3) is 5.69 Å². The van der Waals surface area contributed by atoms with Crippen LogP contribution in [-0.4, -0.2) is 22.8 Å². The number of amides is 1. The number of carbonyl (C=O) groups is 1. The first-order valence-corrected chi connectivity index (χ1v) is 7.54. The van der Waals surface area contributed by atoms with Crippen LogP contribution in [0.3, 0.4) is 0 Å². The van der Waals surface area contributed by atoms with Crippen LogP contribution in [0.25, 0.3) is 0 Å². The standard InChI is InChI=1S/C16H14Cl2N2O3/c1-19(16(21)9-11-4-2-3-5-14(11)17)10-12-8-13(20(22)23)6-7-15(12)18/h2-8H,9-10H2,1H3. The number of halogens is 2. The third-order valence-corrected chi connectivity index (χ3v) is 4.11. The smallest absolute Gasteiger partial charge is 0.269 e.